The van der Waals surface area contributed by atoms with Crippen molar-refractivity contribution in [3.8, 4) is 10.4 Å². The van der Waals surface area contributed by atoms with Crippen molar-refractivity contribution in [1.29, 1.82) is 0 Å². The molecule has 0 spiro atoms. The van der Waals surface area contributed by atoms with E-state index in [4.69, 9.17) is 0 Å². The Bertz CT molecular complexity index is 670. The molecule has 2 heterocycles. The summed E-state index contributed by atoms with van der Waals surface area (Å²) in [4.78, 5) is 15.3. The first-order chi connectivity index (χ1) is 10.6. The summed E-state index contributed by atoms with van der Waals surface area (Å²) in [5.74, 6) is -0.970. The van der Waals surface area contributed by atoms with E-state index in [1.165, 1.54) is 17.4 Å². The first kappa shape index (κ1) is 15.2. The summed E-state index contributed by atoms with van der Waals surface area (Å²) >= 11 is 1.53. The van der Waals surface area contributed by atoms with Gasteiger partial charge in [-0.1, -0.05) is 24.6 Å². The number of piperidine rings is 1. The lowest BCUT2D eigenvalue weighted by atomic mass is 10.0. The van der Waals surface area contributed by atoms with E-state index in [-0.39, 0.29) is 5.82 Å². The average molecular weight is 319 g/mol. The molecule has 1 saturated heterocycles. The quantitative estimate of drug-likeness (QED) is 0.926. The Labute approximate surface area is 133 Å². The number of thiophene rings is 1. The van der Waals surface area contributed by atoms with Crippen LogP contribution in [0.15, 0.2) is 36.4 Å². The van der Waals surface area contributed by atoms with E-state index in [2.05, 4.69) is 0 Å². The molecule has 1 aromatic carbocycles. The average Bonchev–Trinajstić information content (AvgIpc) is 2.96. The first-order valence-electron chi connectivity index (χ1n) is 7.45. The molecule has 0 amide bonds. The fourth-order valence-corrected chi connectivity index (χ4v) is 3.99. The zero-order valence-corrected chi connectivity index (χ0v) is 13.0. The number of halogens is 1. The van der Waals surface area contributed by atoms with Gasteiger partial charge >= 0.3 is 5.97 Å². The van der Waals surface area contributed by atoms with E-state index in [0.29, 0.717) is 18.5 Å². The Kier molecular flexibility index (Phi) is 4.55. The van der Waals surface area contributed by atoms with Crippen molar-refractivity contribution in [3.05, 3.63) is 47.1 Å². The molecule has 116 valence electrons. The molecule has 1 aliphatic heterocycles. The topological polar surface area (TPSA) is 40.5 Å². The third-order valence-electron chi connectivity index (χ3n) is 4.06. The van der Waals surface area contributed by atoms with E-state index < -0.39 is 12.0 Å². The lowest BCUT2D eigenvalue weighted by molar-refractivity contribution is -0.144. The molecular formula is C17H18FNO2S. The van der Waals surface area contributed by atoms with Crippen LogP contribution in [0, 0.1) is 5.82 Å². The van der Waals surface area contributed by atoms with E-state index in [9.17, 15) is 14.3 Å². The molecule has 1 unspecified atom stereocenters. The molecule has 0 radical (unpaired) electrons. The Morgan fingerprint density at radius 3 is 2.86 bits per heavy atom. The third kappa shape index (κ3) is 3.20. The highest BCUT2D eigenvalue weighted by Gasteiger charge is 2.28. The van der Waals surface area contributed by atoms with E-state index in [1.807, 2.05) is 23.1 Å². The minimum atomic E-state index is -0.745. The molecular weight excluding hydrogens is 301 g/mol. The maximum Gasteiger partial charge on any atom is 0.320 e. The summed E-state index contributed by atoms with van der Waals surface area (Å²) in [6.07, 6.45) is 2.72. The molecule has 0 aliphatic carbocycles. The molecule has 1 N–H and O–H groups in total. The lowest BCUT2D eigenvalue weighted by Gasteiger charge is -2.32. The number of hydrogen-bond donors (Lipinski definition) is 1. The van der Waals surface area contributed by atoms with Gasteiger partial charge in [0.2, 0.25) is 0 Å². The monoisotopic (exact) mass is 319 g/mol. The molecule has 22 heavy (non-hydrogen) atoms. The van der Waals surface area contributed by atoms with E-state index >= 15 is 0 Å². The van der Waals surface area contributed by atoms with Crippen LogP contribution in [0.1, 0.15) is 24.1 Å². The van der Waals surface area contributed by atoms with Gasteiger partial charge in [0.25, 0.3) is 0 Å². The van der Waals surface area contributed by atoms with E-state index in [1.54, 1.807) is 12.1 Å². The van der Waals surface area contributed by atoms with Crippen LogP contribution in [0.4, 0.5) is 4.39 Å². The summed E-state index contributed by atoms with van der Waals surface area (Å²) in [6, 6.07) is 10.2. The minimum Gasteiger partial charge on any atom is -0.480 e. The minimum absolute atomic E-state index is 0.225. The Morgan fingerprint density at radius 1 is 1.27 bits per heavy atom. The number of carboxylic acid groups (broad SMARTS) is 1. The predicted octanol–water partition coefficient (Wildman–Crippen LogP) is 3.99. The summed E-state index contributed by atoms with van der Waals surface area (Å²) in [6.45, 7) is 1.43. The zero-order chi connectivity index (χ0) is 15.5. The molecule has 1 fully saturated rings. The maximum absolute atomic E-state index is 13.8. The van der Waals surface area contributed by atoms with Gasteiger partial charge in [0, 0.05) is 21.9 Å². The standard InChI is InChI=1S/C17H18FNO2S/c18-14-6-2-1-5-13(14)16-9-8-12(22-16)11-19-10-4-3-7-15(19)17(20)21/h1-2,5-6,8-9,15H,3-4,7,10-11H2,(H,20,21). The fraction of sp³-hybridized carbons (Fsp3) is 0.353. The summed E-state index contributed by atoms with van der Waals surface area (Å²) in [7, 11) is 0. The molecule has 1 atom stereocenters. The lowest BCUT2D eigenvalue weighted by Crippen LogP contribution is -2.43. The van der Waals surface area contributed by atoms with Crippen molar-refractivity contribution in [2.24, 2.45) is 0 Å². The number of carboxylic acids is 1. The molecule has 5 heteroatoms. The molecule has 3 rings (SSSR count). The predicted molar refractivity (Wildman–Crippen MR) is 85.4 cm³/mol. The molecule has 1 aliphatic rings. The van der Waals surface area contributed by atoms with Gasteiger partial charge in [-0.15, -0.1) is 11.3 Å². The molecule has 0 saturated carbocycles. The highest BCUT2D eigenvalue weighted by Crippen LogP contribution is 2.31. The SMILES string of the molecule is O=C(O)C1CCCCN1Cc1ccc(-c2ccccc2F)s1. The van der Waals surface area contributed by atoms with Crippen LogP contribution in [-0.2, 0) is 11.3 Å². The first-order valence-corrected chi connectivity index (χ1v) is 8.27. The molecule has 2 aromatic rings. The number of nitrogens with zero attached hydrogens (tertiary/aromatic N) is 1. The Balaban J connectivity index is 1.77. The molecule has 0 bridgehead atoms. The second-order valence-electron chi connectivity index (χ2n) is 5.57. The largest absolute Gasteiger partial charge is 0.480 e. The highest BCUT2D eigenvalue weighted by molar-refractivity contribution is 7.15. The van der Waals surface area contributed by atoms with Crippen LogP contribution in [0.3, 0.4) is 0 Å². The molecule has 1 aromatic heterocycles. The van der Waals surface area contributed by atoms with Crippen LogP contribution >= 0.6 is 11.3 Å². The second kappa shape index (κ2) is 6.58. The van der Waals surface area contributed by atoms with Gasteiger partial charge in [0.15, 0.2) is 0 Å². The Morgan fingerprint density at radius 2 is 2.09 bits per heavy atom. The van der Waals surface area contributed by atoms with Gasteiger partial charge in [-0.25, -0.2) is 4.39 Å². The fourth-order valence-electron chi connectivity index (χ4n) is 2.93. The van der Waals surface area contributed by atoms with Crippen LogP contribution in [-0.4, -0.2) is 28.6 Å². The second-order valence-corrected chi connectivity index (χ2v) is 6.73. The van der Waals surface area contributed by atoms with Crippen molar-refractivity contribution in [2.45, 2.75) is 31.8 Å². The van der Waals surface area contributed by atoms with Gasteiger partial charge in [-0.3, -0.25) is 9.69 Å². The van der Waals surface area contributed by atoms with Crippen molar-refractivity contribution in [2.75, 3.05) is 6.54 Å². The van der Waals surface area contributed by atoms with Crippen molar-refractivity contribution < 1.29 is 14.3 Å². The number of aliphatic carboxylic acids is 1. The maximum atomic E-state index is 13.8. The van der Waals surface area contributed by atoms with Gasteiger partial charge in [0.1, 0.15) is 11.9 Å². The van der Waals surface area contributed by atoms with Crippen molar-refractivity contribution in [3.63, 3.8) is 0 Å². The van der Waals surface area contributed by atoms with Crippen LogP contribution in [0.2, 0.25) is 0 Å². The van der Waals surface area contributed by atoms with E-state index in [0.717, 1.165) is 29.1 Å². The van der Waals surface area contributed by atoms with Gasteiger partial charge < -0.3 is 5.11 Å². The van der Waals surface area contributed by atoms with Crippen LogP contribution in [0.5, 0.6) is 0 Å². The van der Waals surface area contributed by atoms with Gasteiger partial charge in [0.05, 0.1) is 0 Å². The normalized spacial score (nSPS) is 19.2. The number of likely N-dealkylation sites (tertiary alicyclic amines) is 1. The zero-order valence-electron chi connectivity index (χ0n) is 12.2. The van der Waals surface area contributed by atoms with Crippen LogP contribution < -0.4 is 0 Å². The number of benzene rings is 1. The van der Waals surface area contributed by atoms with Gasteiger partial charge in [-0.05, 0) is 37.6 Å². The smallest absolute Gasteiger partial charge is 0.320 e. The number of rotatable bonds is 4. The number of carbonyl (C=O) groups is 1. The summed E-state index contributed by atoms with van der Waals surface area (Å²) < 4.78 is 13.8. The molecule has 3 nitrogen and oxygen atoms in total. The third-order valence-corrected chi connectivity index (χ3v) is 5.16. The number of hydrogen-bond acceptors (Lipinski definition) is 3. The van der Waals surface area contributed by atoms with Crippen molar-refractivity contribution in [1.82, 2.24) is 4.90 Å². The summed E-state index contributed by atoms with van der Waals surface area (Å²) in [5, 5.41) is 9.32. The summed E-state index contributed by atoms with van der Waals surface area (Å²) in [5.41, 5.74) is 0.604. The Hall–Kier alpha value is -1.72. The van der Waals surface area contributed by atoms with Crippen molar-refractivity contribution >= 4 is 17.3 Å². The van der Waals surface area contributed by atoms with Gasteiger partial charge in [-0.2, -0.15) is 0 Å². The van der Waals surface area contributed by atoms with Crippen LogP contribution in [0.25, 0.3) is 10.4 Å². The highest BCUT2D eigenvalue weighted by atomic mass is 32.1.